The van der Waals surface area contributed by atoms with Gasteiger partial charge in [-0.2, -0.15) is 0 Å². The van der Waals surface area contributed by atoms with E-state index < -0.39 is 20.4 Å². The Hall–Kier alpha value is 0.686. The topological polar surface area (TPSA) is 40.5 Å². The molecule has 0 amide bonds. The number of unbranched alkanes of at least 4 members (excludes halogenated alkanes) is 4. The number of hydrogen-bond acceptors (Lipinski definition) is 2. The highest BCUT2D eigenvalue weighted by Gasteiger charge is 2.16. The van der Waals surface area contributed by atoms with E-state index in [0.717, 1.165) is 25.7 Å². The first-order chi connectivity index (χ1) is 7.20. The Morgan fingerprint density at radius 2 is 1.20 bits per heavy atom. The summed E-state index contributed by atoms with van der Waals surface area (Å²) < 4.78 is -0.318. The van der Waals surface area contributed by atoms with Crippen LogP contribution in [-0.2, 0) is 0 Å². The summed E-state index contributed by atoms with van der Waals surface area (Å²) in [5, 5.41) is 19.4. The van der Waals surface area contributed by atoms with Crippen LogP contribution >= 0.6 is 0 Å². The van der Waals surface area contributed by atoms with E-state index in [0.29, 0.717) is 0 Å². The van der Waals surface area contributed by atoms with E-state index in [2.05, 4.69) is 13.8 Å². The van der Waals surface area contributed by atoms with Crippen molar-refractivity contribution in [3.8, 4) is 0 Å². The Kier molecular flexibility index (Phi) is 11.7. The van der Waals surface area contributed by atoms with E-state index in [1.54, 1.807) is 0 Å². The van der Waals surface area contributed by atoms with Gasteiger partial charge in [0.2, 0.25) is 0 Å². The molecule has 0 saturated heterocycles. The molecule has 0 aromatic carbocycles. The van der Waals surface area contributed by atoms with Gasteiger partial charge in [-0.25, -0.2) is 0 Å². The van der Waals surface area contributed by atoms with Crippen LogP contribution in [-0.4, -0.2) is 39.0 Å². The third-order valence-corrected chi connectivity index (χ3v) is 4.73. The maximum atomic E-state index is 9.70. The van der Waals surface area contributed by atoms with Crippen molar-refractivity contribution in [3.63, 3.8) is 0 Å². The third kappa shape index (κ3) is 11.0. The van der Waals surface area contributed by atoms with Gasteiger partial charge in [0.15, 0.2) is 0 Å². The van der Waals surface area contributed by atoms with Crippen molar-refractivity contribution >= 4 is 20.4 Å². The Labute approximate surface area is 104 Å². The Bertz CT molecular complexity index is 117. The molecule has 0 aliphatic rings. The largest absolute Gasteiger partial charge is 0.454 e. The molecular weight excluding hydrogens is 200 g/mol. The molecule has 2 nitrogen and oxygen atoms in total. The van der Waals surface area contributed by atoms with Crippen molar-refractivity contribution in [1.82, 2.24) is 0 Å². The zero-order chi connectivity index (χ0) is 11.5. The van der Waals surface area contributed by atoms with Gasteiger partial charge < -0.3 is 10.2 Å². The number of rotatable bonds is 10. The molecule has 88 valence electrons. The monoisotopic (exact) mass is 226 g/mol. The van der Waals surface area contributed by atoms with Crippen molar-refractivity contribution in [2.45, 2.75) is 73.7 Å². The van der Waals surface area contributed by atoms with Crippen molar-refractivity contribution in [3.05, 3.63) is 0 Å². The molecular formula is C12H26MgO2. The third-order valence-electron chi connectivity index (χ3n) is 2.83. The van der Waals surface area contributed by atoms with Crippen molar-refractivity contribution in [2.24, 2.45) is 0 Å². The van der Waals surface area contributed by atoms with Gasteiger partial charge in [-0.1, -0.05) is 65.2 Å². The zero-order valence-corrected chi connectivity index (χ0v) is 11.8. The molecule has 0 aliphatic carbocycles. The number of hydrogen-bond donors (Lipinski definition) is 2. The van der Waals surface area contributed by atoms with Gasteiger partial charge >= 0.3 is 20.4 Å². The smallest absolute Gasteiger partial charge is 0.421 e. The summed E-state index contributed by atoms with van der Waals surface area (Å²) in [5.74, 6) is 0. The van der Waals surface area contributed by atoms with Crippen LogP contribution in [0.1, 0.15) is 65.2 Å². The summed E-state index contributed by atoms with van der Waals surface area (Å²) in [4.78, 5) is 0. The maximum Gasteiger partial charge on any atom is 0.454 e. The Morgan fingerprint density at radius 3 is 1.53 bits per heavy atom. The van der Waals surface area contributed by atoms with Crippen LogP contribution in [0.3, 0.4) is 0 Å². The zero-order valence-electron chi connectivity index (χ0n) is 10.4. The van der Waals surface area contributed by atoms with Crippen LogP contribution < -0.4 is 0 Å². The molecule has 0 rings (SSSR count). The predicted octanol–water partition coefficient (Wildman–Crippen LogP) is 2.49. The fourth-order valence-corrected chi connectivity index (χ4v) is 3.49. The van der Waals surface area contributed by atoms with E-state index in [4.69, 9.17) is 0 Å². The average Bonchev–Trinajstić information content (AvgIpc) is 2.18. The lowest BCUT2D eigenvalue weighted by Crippen LogP contribution is -2.28. The molecule has 0 aromatic rings. The summed E-state index contributed by atoms with van der Waals surface area (Å²) in [5.41, 5.74) is 0. The highest BCUT2D eigenvalue weighted by Crippen LogP contribution is 2.07. The lowest BCUT2D eigenvalue weighted by atomic mass is 10.2. The van der Waals surface area contributed by atoms with Crippen LogP contribution in [0.4, 0.5) is 0 Å². The molecule has 0 aliphatic heterocycles. The molecule has 0 heterocycles. The van der Waals surface area contributed by atoms with E-state index in [1.807, 2.05) is 0 Å². The van der Waals surface area contributed by atoms with Crippen LogP contribution in [0, 0.1) is 0 Å². The molecule has 3 heteroatoms. The number of aliphatic hydroxyl groups is 2. The predicted molar refractivity (Wildman–Crippen MR) is 66.1 cm³/mol. The average molecular weight is 227 g/mol. The Balaban J connectivity index is 3.35. The lowest BCUT2D eigenvalue weighted by Gasteiger charge is -2.13. The van der Waals surface area contributed by atoms with Gasteiger partial charge in [-0.05, 0) is 8.47 Å². The molecule has 2 atom stereocenters. The second-order valence-corrected chi connectivity index (χ2v) is 6.89. The van der Waals surface area contributed by atoms with Gasteiger partial charge in [-0.15, -0.1) is 0 Å². The molecule has 2 N–H and O–H groups in total. The SMILES string of the molecule is CCCCC[CH](O)[Mg][CH](O)CCCCC. The molecule has 0 saturated carbocycles. The van der Waals surface area contributed by atoms with Crippen molar-refractivity contribution in [2.75, 3.05) is 0 Å². The van der Waals surface area contributed by atoms with Crippen molar-refractivity contribution in [1.29, 1.82) is 0 Å². The minimum atomic E-state index is -0.685. The number of aliphatic hydroxyl groups excluding tert-OH is 2. The second kappa shape index (κ2) is 11.2. The first kappa shape index (κ1) is 15.7. The van der Waals surface area contributed by atoms with Gasteiger partial charge in [0.25, 0.3) is 0 Å². The van der Waals surface area contributed by atoms with Gasteiger partial charge in [0.05, 0.1) is 0 Å². The second-order valence-electron chi connectivity index (χ2n) is 4.53. The van der Waals surface area contributed by atoms with E-state index >= 15 is 0 Å². The summed E-state index contributed by atoms with van der Waals surface area (Å²) >= 11 is -0.685. The van der Waals surface area contributed by atoms with E-state index in [1.165, 1.54) is 25.7 Å². The highest BCUT2D eigenvalue weighted by atomic mass is 24.5. The Morgan fingerprint density at radius 1 is 0.800 bits per heavy atom. The van der Waals surface area contributed by atoms with Gasteiger partial charge in [0.1, 0.15) is 0 Å². The van der Waals surface area contributed by atoms with Gasteiger partial charge in [0, 0.05) is 0 Å². The van der Waals surface area contributed by atoms with Crippen LogP contribution in [0.5, 0.6) is 0 Å². The van der Waals surface area contributed by atoms with Crippen molar-refractivity contribution < 1.29 is 10.2 Å². The van der Waals surface area contributed by atoms with E-state index in [-0.39, 0.29) is 8.47 Å². The summed E-state index contributed by atoms with van der Waals surface area (Å²) in [7, 11) is 0. The molecule has 15 heavy (non-hydrogen) atoms. The summed E-state index contributed by atoms with van der Waals surface area (Å²) in [6, 6.07) is 0. The van der Waals surface area contributed by atoms with Crippen LogP contribution in [0.2, 0.25) is 0 Å². The fourth-order valence-electron chi connectivity index (χ4n) is 1.81. The maximum absolute atomic E-state index is 9.70. The minimum Gasteiger partial charge on any atom is -0.421 e. The standard InChI is InChI=1S/2C6H13O.Mg/c2*1-2-3-4-5-6-7;/h2*6-7H,2-5H2,1H3;. The summed E-state index contributed by atoms with van der Waals surface area (Å²) in [6.07, 6.45) is 8.87. The van der Waals surface area contributed by atoms with Crippen LogP contribution in [0.15, 0.2) is 0 Å². The molecule has 0 radical (unpaired) electrons. The molecule has 0 spiro atoms. The first-order valence-corrected chi connectivity index (χ1v) is 8.20. The fraction of sp³-hybridized carbons (Fsp3) is 1.00. The molecule has 0 aromatic heterocycles. The normalized spacial score (nSPS) is 14.7. The summed E-state index contributed by atoms with van der Waals surface area (Å²) in [6.45, 7) is 4.34. The molecule has 0 bridgehead atoms. The molecule has 0 fully saturated rings. The highest BCUT2D eigenvalue weighted by molar-refractivity contribution is 6.38. The van der Waals surface area contributed by atoms with E-state index in [9.17, 15) is 10.2 Å². The lowest BCUT2D eigenvalue weighted by molar-refractivity contribution is 0.198. The van der Waals surface area contributed by atoms with Gasteiger partial charge in [-0.3, -0.25) is 0 Å². The first-order valence-electron chi connectivity index (χ1n) is 6.56. The quantitative estimate of drug-likeness (QED) is 0.444. The minimum absolute atomic E-state index is 0.159. The molecule has 2 unspecified atom stereocenters. The van der Waals surface area contributed by atoms with Crippen LogP contribution in [0.25, 0.3) is 0 Å².